The van der Waals surface area contributed by atoms with Crippen molar-refractivity contribution in [3.05, 3.63) is 53.1 Å². The summed E-state index contributed by atoms with van der Waals surface area (Å²) in [5, 5.41) is 14.7. The zero-order chi connectivity index (χ0) is 18.8. The Hall–Kier alpha value is -3.20. The monoisotopic (exact) mass is 384 g/mol. The number of amidine groups is 1. The Balaban J connectivity index is 1.44. The standard InChI is InChI=1S/C18H16N4O4S/c19-17(24)12-6-11(2-3-14(12)23)13-8-27-18(22-21-13)20-7-10-1-4-15-16(5-10)26-9-25-15/h1-6,23H,7-9H2,(H2,19,24)(H,20,22). The number of carbonyl (C=O) groups excluding carboxylic acids is 1. The Morgan fingerprint density at radius 2 is 2.11 bits per heavy atom. The minimum atomic E-state index is -0.683. The number of thioether (sulfide) groups is 1. The Morgan fingerprint density at radius 3 is 2.89 bits per heavy atom. The first-order valence-corrected chi connectivity index (χ1v) is 9.10. The lowest BCUT2D eigenvalue weighted by molar-refractivity contribution is 0.0997. The molecule has 0 spiro atoms. The summed E-state index contributed by atoms with van der Waals surface area (Å²) >= 11 is 1.50. The van der Waals surface area contributed by atoms with E-state index in [1.807, 2.05) is 18.2 Å². The van der Waals surface area contributed by atoms with Crippen molar-refractivity contribution in [3.8, 4) is 17.2 Å². The fourth-order valence-corrected chi connectivity index (χ4v) is 3.43. The molecule has 2 aliphatic rings. The molecule has 0 fully saturated rings. The lowest BCUT2D eigenvalue weighted by Crippen LogP contribution is -2.25. The van der Waals surface area contributed by atoms with Crippen molar-refractivity contribution in [2.75, 3.05) is 12.5 Å². The van der Waals surface area contributed by atoms with Gasteiger partial charge in [-0.05, 0) is 41.5 Å². The predicted molar refractivity (Wildman–Crippen MR) is 102 cm³/mol. The van der Waals surface area contributed by atoms with Crippen LogP contribution in [0.2, 0.25) is 0 Å². The number of amides is 1. The van der Waals surface area contributed by atoms with Gasteiger partial charge in [0, 0.05) is 5.75 Å². The summed E-state index contributed by atoms with van der Waals surface area (Å²) in [6.45, 7) is 0.735. The number of aliphatic imine (C=N–C) groups is 1. The van der Waals surface area contributed by atoms with Gasteiger partial charge in [-0.3, -0.25) is 15.2 Å². The van der Waals surface area contributed by atoms with E-state index in [1.165, 1.54) is 23.9 Å². The number of hydrazone groups is 1. The van der Waals surface area contributed by atoms with E-state index in [4.69, 9.17) is 15.2 Å². The molecule has 0 aliphatic carbocycles. The summed E-state index contributed by atoms with van der Waals surface area (Å²) in [6, 6.07) is 10.4. The van der Waals surface area contributed by atoms with Crippen molar-refractivity contribution >= 4 is 28.5 Å². The molecule has 1 amide bonds. The molecule has 2 aromatic carbocycles. The number of phenols is 1. The highest BCUT2D eigenvalue weighted by Gasteiger charge is 2.17. The molecule has 0 atom stereocenters. The molecular formula is C18H16N4O4S. The van der Waals surface area contributed by atoms with Gasteiger partial charge in [-0.25, -0.2) is 0 Å². The third-order valence-corrected chi connectivity index (χ3v) is 4.98. The number of ether oxygens (including phenoxy) is 2. The quantitative estimate of drug-likeness (QED) is 0.740. The van der Waals surface area contributed by atoms with E-state index in [0.717, 1.165) is 28.3 Å². The second-order valence-electron chi connectivity index (χ2n) is 5.86. The van der Waals surface area contributed by atoms with Crippen LogP contribution in [0.4, 0.5) is 0 Å². The third kappa shape index (κ3) is 3.68. The Labute approximate surface area is 159 Å². The molecule has 0 saturated heterocycles. The van der Waals surface area contributed by atoms with Gasteiger partial charge in [0.2, 0.25) is 6.79 Å². The van der Waals surface area contributed by atoms with E-state index in [2.05, 4.69) is 15.5 Å². The maximum atomic E-state index is 11.4. The van der Waals surface area contributed by atoms with Gasteiger partial charge < -0.3 is 20.3 Å². The Kier molecular flexibility index (Phi) is 4.59. The number of aromatic hydroxyl groups is 1. The van der Waals surface area contributed by atoms with Crippen LogP contribution in [0, 0.1) is 0 Å². The fourth-order valence-electron chi connectivity index (χ4n) is 2.66. The van der Waals surface area contributed by atoms with Crippen LogP contribution < -0.4 is 20.6 Å². The second-order valence-corrected chi connectivity index (χ2v) is 6.83. The predicted octanol–water partition coefficient (Wildman–Crippen LogP) is 1.82. The summed E-state index contributed by atoms with van der Waals surface area (Å²) in [5.74, 6) is 1.23. The van der Waals surface area contributed by atoms with Crippen molar-refractivity contribution in [3.63, 3.8) is 0 Å². The van der Waals surface area contributed by atoms with Crippen LogP contribution in [0.1, 0.15) is 21.5 Å². The molecular weight excluding hydrogens is 368 g/mol. The minimum Gasteiger partial charge on any atom is -0.507 e. The number of nitrogens with zero attached hydrogens (tertiary/aromatic N) is 2. The molecule has 2 aromatic rings. The van der Waals surface area contributed by atoms with Gasteiger partial charge in [-0.15, -0.1) is 0 Å². The molecule has 0 saturated carbocycles. The van der Waals surface area contributed by atoms with Crippen molar-refractivity contribution in [2.45, 2.75) is 6.54 Å². The molecule has 0 bridgehead atoms. The smallest absolute Gasteiger partial charge is 0.252 e. The van der Waals surface area contributed by atoms with Gasteiger partial charge in [0.05, 0.1) is 17.8 Å². The minimum absolute atomic E-state index is 0.0717. The third-order valence-electron chi connectivity index (χ3n) is 4.07. The number of nitrogens with one attached hydrogen (secondary N) is 1. The summed E-state index contributed by atoms with van der Waals surface area (Å²) in [7, 11) is 0. The summed E-state index contributed by atoms with van der Waals surface area (Å²) in [4.78, 5) is 15.9. The molecule has 27 heavy (non-hydrogen) atoms. The number of hydrogen-bond acceptors (Lipinski definition) is 7. The molecule has 0 radical (unpaired) electrons. The number of hydrogen-bond donors (Lipinski definition) is 3. The van der Waals surface area contributed by atoms with Crippen molar-refractivity contribution in [1.29, 1.82) is 0 Å². The first kappa shape index (κ1) is 17.2. The van der Waals surface area contributed by atoms with Crippen molar-refractivity contribution in [2.24, 2.45) is 15.8 Å². The number of nitrogens with two attached hydrogens (primary N) is 1. The van der Waals surface area contributed by atoms with Gasteiger partial charge in [0.15, 0.2) is 16.7 Å². The van der Waals surface area contributed by atoms with Crippen LogP contribution in [0.3, 0.4) is 0 Å². The number of fused-ring (bicyclic) bond motifs is 1. The van der Waals surface area contributed by atoms with Crippen LogP contribution in [0.25, 0.3) is 0 Å². The fraction of sp³-hybridized carbons (Fsp3) is 0.167. The molecule has 0 unspecified atom stereocenters. The van der Waals surface area contributed by atoms with Crippen LogP contribution in [-0.4, -0.2) is 34.4 Å². The summed E-state index contributed by atoms with van der Waals surface area (Å²) < 4.78 is 10.7. The highest BCUT2D eigenvalue weighted by Crippen LogP contribution is 2.32. The van der Waals surface area contributed by atoms with Crippen molar-refractivity contribution in [1.82, 2.24) is 5.43 Å². The van der Waals surface area contributed by atoms with Crippen LogP contribution >= 0.6 is 11.8 Å². The van der Waals surface area contributed by atoms with Crippen LogP contribution in [-0.2, 0) is 6.54 Å². The SMILES string of the molecule is NC(=O)c1cc(C2=NNC(=NCc3ccc4c(c3)OCO4)SC2)ccc1O. The maximum absolute atomic E-state index is 11.4. The zero-order valence-electron chi connectivity index (χ0n) is 14.1. The van der Waals surface area contributed by atoms with Gasteiger partial charge in [-0.2, -0.15) is 5.10 Å². The van der Waals surface area contributed by atoms with E-state index < -0.39 is 5.91 Å². The number of benzene rings is 2. The van der Waals surface area contributed by atoms with E-state index >= 15 is 0 Å². The second kappa shape index (κ2) is 7.20. The highest BCUT2D eigenvalue weighted by atomic mass is 32.2. The average Bonchev–Trinajstić information content (AvgIpc) is 3.15. The van der Waals surface area contributed by atoms with E-state index in [0.29, 0.717) is 17.5 Å². The number of primary amides is 1. The molecule has 138 valence electrons. The van der Waals surface area contributed by atoms with Gasteiger partial charge in [0.1, 0.15) is 5.75 Å². The first-order valence-electron chi connectivity index (χ1n) is 8.12. The Bertz CT molecular complexity index is 974. The molecule has 9 heteroatoms. The van der Waals surface area contributed by atoms with Gasteiger partial charge in [0.25, 0.3) is 5.91 Å². The zero-order valence-corrected chi connectivity index (χ0v) is 15.0. The highest BCUT2D eigenvalue weighted by molar-refractivity contribution is 8.14. The van der Waals surface area contributed by atoms with Gasteiger partial charge >= 0.3 is 0 Å². The molecule has 2 heterocycles. The molecule has 4 rings (SSSR count). The van der Waals surface area contributed by atoms with E-state index in [9.17, 15) is 9.90 Å². The molecule has 2 aliphatic heterocycles. The van der Waals surface area contributed by atoms with E-state index in [-0.39, 0.29) is 18.1 Å². The van der Waals surface area contributed by atoms with Crippen LogP contribution in [0.5, 0.6) is 17.2 Å². The maximum Gasteiger partial charge on any atom is 0.252 e. The lowest BCUT2D eigenvalue weighted by atomic mass is 10.1. The van der Waals surface area contributed by atoms with Crippen molar-refractivity contribution < 1.29 is 19.4 Å². The molecule has 4 N–H and O–H groups in total. The Morgan fingerprint density at radius 1 is 1.26 bits per heavy atom. The van der Waals surface area contributed by atoms with Crippen LogP contribution in [0.15, 0.2) is 46.5 Å². The number of rotatable bonds is 4. The first-order chi connectivity index (χ1) is 13.1. The lowest BCUT2D eigenvalue weighted by Gasteiger charge is -2.15. The summed E-state index contributed by atoms with van der Waals surface area (Å²) in [6.07, 6.45) is 0. The van der Waals surface area contributed by atoms with Gasteiger partial charge in [-0.1, -0.05) is 17.8 Å². The topological polar surface area (TPSA) is 119 Å². The van der Waals surface area contributed by atoms with E-state index in [1.54, 1.807) is 6.07 Å². The average molecular weight is 384 g/mol. The largest absolute Gasteiger partial charge is 0.507 e. The normalized spacial score (nSPS) is 16.7. The molecule has 8 nitrogen and oxygen atoms in total. The summed E-state index contributed by atoms with van der Waals surface area (Å²) in [5.41, 5.74) is 10.7. The number of carbonyl (C=O) groups is 1. The molecule has 0 aromatic heterocycles.